The average Bonchev–Trinajstić information content (AvgIpc) is 2.83. The number of piperidine rings is 1. The smallest absolute Gasteiger partial charge is 0.234 e. The summed E-state index contributed by atoms with van der Waals surface area (Å²) in [5.41, 5.74) is 4.83. The maximum Gasteiger partial charge on any atom is 0.234 e. The zero-order valence-electron chi connectivity index (χ0n) is 19.2. The van der Waals surface area contributed by atoms with Gasteiger partial charge >= 0.3 is 0 Å². The van der Waals surface area contributed by atoms with Crippen LogP contribution in [0, 0.1) is 5.92 Å². The third-order valence-corrected chi connectivity index (χ3v) is 6.95. The van der Waals surface area contributed by atoms with E-state index in [0.29, 0.717) is 6.54 Å². The minimum absolute atomic E-state index is 0.00363. The van der Waals surface area contributed by atoms with Crippen LogP contribution in [0.3, 0.4) is 0 Å². The van der Waals surface area contributed by atoms with Crippen LogP contribution in [-0.4, -0.2) is 43.3 Å². The molecular weight excluding hydrogens is 400 g/mol. The number of methoxy groups -OCH3 is 1. The van der Waals surface area contributed by atoms with Gasteiger partial charge in [-0.3, -0.25) is 14.5 Å². The SMILES string of the molecule is COc1ccc(C(=O)C2CCN(CC(=O)NC(C)c3ccc4c(c3)CCCC4)CC2)cc1. The lowest BCUT2D eigenvalue weighted by molar-refractivity contribution is -0.123. The molecule has 1 heterocycles. The Morgan fingerprint density at radius 1 is 1.03 bits per heavy atom. The Hall–Kier alpha value is -2.66. The van der Waals surface area contributed by atoms with Crippen LogP contribution in [0.5, 0.6) is 5.75 Å². The van der Waals surface area contributed by atoms with Crippen LogP contribution in [-0.2, 0) is 17.6 Å². The molecule has 1 fully saturated rings. The van der Waals surface area contributed by atoms with Crippen LogP contribution in [0.2, 0.25) is 0 Å². The number of carbonyl (C=O) groups excluding carboxylic acids is 2. The number of nitrogens with zero attached hydrogens (tertiary/aromatic N) is 1. The van der Waals surface area contributed by atoms with E-state index < -0.39 is 0 Å². The van der Waals surface area contributed by atoms with E-state index in [1.807, 2.05) is 24.3 Å². The van der Waals surface area contributed by atoms with Crippen molar-refractivity contribution in [2.24, 2.45) is 5.92 Å². The van der Waals surface area contributed by atoms with E-state index in [0.717, 1.165) is 43.7 Å². The molecule has 2 aromatic carbocycles. The highest BCUT2D eigenvalue weighted by Crippen LogP contribution is 2.25. The summed E-state index contributed by atoms with van der Waals surface area (Å²) in [7, 11) is 1.62. The van der Waals surface area contributed by atoms with Crippen LogP contribution in [0.1, 0.15) is 65.7 Å². The predicted octanol–water partition coefficient (Wildman–Crippen LogP) is 4.35. The van der Waals surface area contributed by atoms with Gasteiger partial charge in [-0.05, 0) is 99.5 Å². The number of ether oxygens (including phenoxy) is 1. The molecule has 5 nitrogen and oxygen atoms in total. The van der Waals surface area contributed by atoms with Crippen molar-refractivity contribution in [3.05, 3.63) is 64.7 Å². The topological polar surface area (TPSA) is 58.6 Å². The van der Waals surface area contributed by atoms with Gasteiger partial charge in [-0.2, -0.15) is 0 Å². The van der Waals surface area contributed by atoms with Gasteiger partial charge in [0, 0.05) is 11.5 Å². The molecule has 1 aliphatic heterocycles. The van der Waals surface area contributed by atoms with E-state index in [-0.39, 0.29) is 23.7 Å². The fourth-order valence-electron chi connectivity index (χ4n) is 4.94. The first-order valence-electron chi connectivity index (χ1n) is 11.8. The number of aryl methyl sites for hydroxylation is 2. The summed E-state index contributed by atoms with van der Waals surface area (Å²) < 4.78 is 5.17. The van der Waals surface area contributed by atoms with Gasteiger partial charge in [0.15, 0.2) is 5.78 Å². The lowest BCUT2D eigenvalue weighted by Gasteiger charge is -2.31. The molecular formula is C27H34N2O3. The maximum absolute atomic E-state index is 12.8. The number of hydrogen-bond donors (Lipinski definition) is 1. The second-order valence-electron chi connectivity index (χ2n) is 9.17. The van der Waals surface area contributed by atoms with E-state index in [1.54, 1.807) is 7.11 Å². The monoisotopic (exact) mass is 434 g/mol. The van der Waals surface area contributed by atoms with E-state index in [4.69, 9.17) is 4.74 Å². The molecule has 0 bridgehead atoms. The highest BCUT2D eigenvalue weighted by molar-refractivity contribution is 5.98. The number of fused-ring (bicyclic) bond motifs is 1. The molecule has 0 spiro atoms. The standard InChI is InChI=1S/C27H34N2O3/c1-19(23-8-7-20-5-3-4-6-24(20)17-23)28-26(30)18-29-15-13-22(14-16-29)27(31)21-9-11-25(32-2)12-10-21/h7-12,17,19,22H,3-6,13-16,18H2,1-2H3,(H,28,30). The van der Waals surface area contributed by atoms with Crippen molar-refractivity contribution in [2.45, 2.75) is 51.5 Å². The first-order valence-corrected chi connectivity index (χ1v) is 11.8. The van der Waals surface area contributed by atoms with Crippen LogP contribution in [0.15, 0.2) is 42.5 Å². The summed E-state index contributed by atoms with van der Waals surface area (Å²) in [6, 6.07) is 14.0. The number of carbonyl (C=O) groups is 2. The quantitative estimate of drug-likeness (QED) is 0.659. The van der Waals surface area contributed by atoms with Crippen molar-refractivity contribution in [1.82, 2.24) is 10.2 Å². The Morgan fingerprint density at radius 3 is 2.41 bits per heavy atom. The van der Waals surface area contributed by atoms with Crippen LogP contribution < -0.4 is 10.1 Å². The second kappa shape index (κ2) is 10.3. The summed E-state index contributed by atoms with van der Waals surface area (Å²) in [5, 5.41) is 3.16. The highest BCUT2D eigenvalue weighted by atomic mass is 16.5. The van der Waals surface area contributed by atoms with Crippen molar-refractivity contribution in [3.8, 4) is 5.75 Å². The summed E-state index contributed by atoms with van der Waals surface area (Å²) in [5.74, 6) is 1.03. The number of Topliss-reactive ketones (excluding diaryl/α,β-unsaturated/α-hetero) is 1. The highest BCUT2D eigenvalue weighted by Gasteiger charge is 2.27. The molecule has 1 unspecified atom stereocenters. The van der Waals surface area contributed by atoms with E-state index in [9.17, 15) is 9.59 Å². The third kappa shape index (κ3) is 5.39. The predicted molar refractivity (Wildman–Crippen MR) is 126 cm³/mol. The van der Waals surface area contributed by atoms with Crippen molar-refractivity contribution < 1.29 is 14.3 Å². The summed E-state index contributed by atoms with van der Waals surface area (Å²) >= 11 is 0. The maximum atomic E-state index is 12.8. The summed E-state index contributed by atoms with van der Waals surface area (Å²) in [6.07, 6.45) is 6.44. The zero-order valence-corrected chi connectivity index (χ0v) is 19.2. The molecule has 5 heteroatoms. The van der Waals surface area contributed by atoms with Crippen molar-refractivity contribution in [2.75, 3.05) is 26.7 Å². The van der Waals surface area contributed by atoms with Crippen LogP contribution >= 0.6 is 0 Å². The zero-order chi connectivity index (χ0) is 22.5. The molecule has 1 amide bonds. The number of rotatable bonds is 7. The normalized spacial score (nSPS) is 17.9. The minimum atomic E-state index is 0.00363. The van der Waals surface area contributed by atoms with Gasteiger partial charge in [0.05, 0.1) is 19.7 Å². The van der Waals surface area contributed by atoms with Gasteiger partial charge < -0.3 is 10.1 Å². The van der Waals surface area contributed by atoms with Gasteiger partial charge in [0.1, 0.15) is 5.75 Å². The molecule has 0 saturated carbocycles. The minimum Gasteiger partial charge on any atom is -0.497 e. The fourth-order valence-corrected chi connectivity index (χ4v) is 4.94. The van der Waals surface area contributed by atoms with Gasteiger partial charge in [0.2, 0.25) is 5.91 Å². The summed E-state index contributed by atoms with van der Waals surface area (Å²) in [4.78, 5) is 27.6. The molecule has 0 radical (unpaired) electrons. The molecule has 32 heavy (non-hydrogen) atoms. The molecule has 0 aromatic heterocycles. The van der Waals surface area contributed by atoms with E-state index in [2.05, 4.69) is 35.3 Å². The lowest BCUT2D eigenvalue weighted by atomic mass is 9.89. The van der Waals surface area contributed by atoms with Crippen LogP contribution in [0.4, 0.5) is 0 Å². The van der Waals surface area contributed by atoms with Crippen LogP contribution in [0.25, 0.3) is 0 Å². The number of benzene rings is 2. The Morgan fingerprint density at radius 2 is 1.72 bits per heavy atom. The largest absolute Gasteiger partial charge is 0.497 e. The molecule has 1 aliphatic carbocycles. The van der Waals surface area contributed by atoms with Crippen molar-refractivity contribution in [3.63, 3.8) is 0 Å². The molecule has 170 valence electrons. The molecule has 2 aromatic rings. The molecule has 1 atom stereocenters. The molecule has 1 N–H and O–H groups in total. The molecule has 2 aliphatic rings. The van der Waals surface area contributed by atoms with E-state index >= 15 is 0 Å². The Labute approximate surface area is 191 Å². The van der Waals surface area contributed by atoms with E-state index in [1.165, 1.54) is 36.0 Å². The molecule has 4 rings (SSSR count). The number of hydrogen-bond acceptors (Lipinski definition) is 4. The lowest BCUT2D eigenvalue weighted by Crippen LogP contribution is -2.43. The first-order chi connectivity index (χ1) is 15.5. The number of ketones is 1. The third-order valence-electron chi connectivity index (χ3n) is 6.95. The van der Waals surface area contributed by atoms with Crippen molar-refractivity contribution in [1.29, 1.82) is 0 Å². The van der Waals surface area contributed by atoms with Gasteiger partial charge in [-0.15, -0.1) is 0 Å². The number of nitrogens with one attached hydrogen (secondary N) is 1. The fraction of sp³-hybridized carbons (Fsp3) is 0.481. The van der Waals surface area contributed by atoms with Crippen molar-refractivity contribution >= 4 is 11.7 Å². The Balaban J connectivity index is 1.24. The summed E-state index contributed by atoms with van der Waals surface area (Å²) in [6.45, 7) is 3.99. The molecule has 1 saturated heterocycles. The Kier molecular flexibility index (Phi) is 7.26. The first kappa shape index (κ1) is 22.5. The number of amides is 1. The Bertz CT molecular complexity index is 946. The van der Waals surface area contributed by atoms with Gasteiger partial charge in [0.25, 0.3) is 0 Å². The number of likely N-dealkylation sites (tertiary alicyclic amines) is 1. The van der Waals surface area contributed by atoms with Gasteiger partial charge in [-0.1, -0.05) is 18.2 Å². The average molecular weight is 435 g/mol. The van der Waals surface area contributed by atoms with Gasteiger partial charge in [-0.25, -0.2) is 0 Å². The second-order valence-corrected chi connectivity index (χ2v) is 9.17.